The maximum absolute atomic E-state index is 12.0. The topological polar surface area (TPSA) is 112 Å². The summed E-state index contributed by atoms with van der Waals surface area (Å²) < 4.78 is 15.5. The predicted molar refractivity (Wildman–Crippen MR) is 89.5 cm³/mol. The Bertz CT molecular complexity index is 830. The number of fused-ring (bicyclic) bond motifs is 1. The Morgan fingerprint density at radius 3 is 2.52 bits per heavy atom. The van der Waals surface area contributed by atoms with Crippen LogP contribution in [0.5, 0.6) is 12.0 Å². The van der Waals surface area contributed by atoms with Crippen LogP contribution in [0.2, 0.25) is 0 Å². The first-order valence-corrected chi connectivity index (χ1v) is 8.24. The molecule has 0 unspecified atom stereocenters. The SMILES string of the molecule is COc1nc(CNC(=O)CSc2nc3ccccc3o2)nc(OC)n1. The molecule has 0 aliphatic carbocycles. The van der Waals surface area contributed by atoms with Crippen molar-refractivity contribution in [2.45, 2.75) is 11.8 Å². The van der Waals surface area contributed by atoms with Crippen molar-refractivity contribution in [3.05, 3.63) is 30.1 Å². The van der Waals surface area contributed by atoms with Gasteiger partial charge in [-0.3, -0.25) is 4.79 Å². The van der Waals surface area contributed by atoms with Gasteiger partial charge in [-0.15, -0.1) is 4.98 Å². The third-order valence-electron chi connectivity index (χ3n) is 3.05. The predicted octanol–water partition coefficient (Wildman–Crippen LogP) is 1.44. The zero-order chi connectivity index (χ0) is 17.6. The number of nitrogens with one attached hydrogen (secondary N) is 1. The summed E-state index contributed by atoms with van der Waals surface area (Å²) in [7, 11) is 2.88. The summed E-state index contributed by atoms with van der Waals surface area (Å²) in [4.78, 5) is 28.3. The Morgan fingerprint density at radius 2 is 1.84 bits per heavy atom. The lowest BCUT2D eigenvalue weighted by Crippen LogP contribution is -2.25. The molecule has 130 valence electrons. The van der Waals surface area contributed by atoms with Crippen molar-refractivity contribution in [2.24, 2.45) is 0 Å². The molecule has 0 fully saturated rings. The summed E-state index contributed by atoms with van der Waals surface area (Å²) in [5.74, 6) is 0.293. The van der Waals surface area contributed by atoms with E-state index in [1.807, 2.05) is 24.3 Å². The maximum Gasteiger partial charge on any atom is 0.322 e. The third-order valence-corrected chi connectivity index (χ3v) is 3.88. The van der Waals surface area contributed by atoms with Crippen LogP contribution in [0.3, 0.4) is 0 Å². The summed E-state index contributed by atoms with van der Waals surface area (Å²) >= 11 is 1.21. The van der Waals surface area contributed by atoms with Crippen molar-refractivity contribution in [3.8, 4) is 12.0 Å². The number of carbonyl (C=O) groups is 1. The average molecular weight is 361 g/mol. The molecule has 0 saturated carbocycles. The smallest absolute Gasteiger partial charge is 0.322 e. The fourth-order valence-corrected chi connectivity index (χ4v) is 2.58. The van der Waals surface area contributed by atoms with Gasteiger partial charge in [-0.2, -0.15) is 9.97 Å². The largest absolute Gasteiger partial charge is 0.467 e. The Labute approximate surface area is 147 Å². The number of benzene rings is 1. The molecule has 10 heteroatoms. The summed E-state index contributed by atoms with van der Waals surface area (Å²) in [6.45, 7) is 0.127. The summed E-state index contributed by atoms with van der Waals surface area (Å²) in [6.07, 6.45) is 0. The van der Waals surface area contributed by atoms with Gasteiger partial charge in [0.1, 0.15) is 5.52 Å². The second kappa shape index (κ2) is 7.79. The number of amides is 1. The van der Waals surface area contributed by atoms with Gasteiger partial charge < -0.3 is 19.2 Å². The van der Waals surface area contributed by atoms with E-state index in [-0.39, 0.29) is 30.2 Å². The molecule has 0 aliphatic rings. The van der Waals surface area contributed by atoms with Crippen LogP contribution in [0.15, 0.2) is 33.9 Å². The molecule has 0 atom stereocenters. The molecule has 25 heavy (non-hydrogen) atoms. The standard InChI is InChI=1S/C15H15N5O4S/c1-22-13-18-11(19-14(20-13)23-2)7-16-12(21)8-25-15-17-9-5-3-4-6-10(9)24-15/h3-6H,7-8H2,1-2H3,(H,16,21). The number of hydrogen-bond acceptors (Lipinski definition) is 9. The van der Waals surface area contributed by atoms with Crippen molar-refractivity contribution in [1.82, 2.24) is 25.3 Å². The van der Waals surface area contributed by atoms with Gasteiger partial charge in [-0.05, 0) is 12.1 Å². The number of carbonyl (C=O) groups excluding carboxylic acids is 1. The molecule has 9 nitrogen and oxygen atoms in total. The fraction of sp³-hybridized carbons (Fsp3) is 0.267. The highest BCUT2D eigenvalue weighted by Gasteiger charge is 2.11. The van der Waals surface area contributed by atoms with Crippen molar-refractivity contribution < 1.29 is 18.7 Å². The lowest BCUT2D eigenvalue weighted by atomic mass is 10.3. The molecule has 2 heterocycles. The number of aromatic nitrogens is 4. The van der Waals surface area contributed by atoms with E-state index in [0.29, 0.717) is 16.6 Å². The van der Waals surface area contributed by atoms with Gasteiger partial charge >= 0.3 is 12.0 Å². The van der Waals surface area contributed by atoms with Crippen LogP contribution in [0.4, 0.5) is 0 Å². The number of nitrogens with zero attached hydrogens (tertiary/aromatic N) is 4. The molecule has 0 radical (unpaired) electrons. The minimum Gasteiger partial charge on any atom is -0.467 e. The molecule has 1 amide bonds. The van der Waals surface area contributed by atoms with Gasteiger partial charge in [0.25, 0.3) is 5.22 Å². The zero-order valence-electron chi connectivity index (χ0n) is 13.6. The van der Waals surface area contributed by atoms with E-state index in [4.69, 9.17) is 13.9 Å². The number of methoxy groups -OCH3 is 2. The van der Waals surface area contributed by atoms with E-state index in [1.54, 1.807) is 0 Å². The minimum absolute atomic E-state index is 0.122. The van der Waals surface area contributed by atoms with Gasteiger partial charge in [0.05, 0.1) is 26.5 Å². The monoisotopic (exact) mass is 361 g/mol. The first kappa shape index (κ1) is 17.0. The number of hydrogen-bond donors (Lipinski definition) is 1. The van der Waals surface area contributed by atoms with Crippen molar-refractivity contribution in [2.75, 3.05) is 20.0 Å². The van der Waals surface area contributed by atoms with Gasteiger partial charge in [0, 0.05) is 0 Å². The Kier molecular flexibility index (Phi) is 5.29. The molecule has 3 rings (SSSR count). The van der Waals surface area contributed by atoms with Gasteiger partial charge in [0.15, 0.2) is 11.4 Å². The number of thioether (sulfide) groups is 1. The summed E-state index contributed by atoms with van der Waals surface area (Å²) in [5, 5.41) is 3.16. The van der Waals surface area contributed by atoms with Crippen LogP contribution >= 0.6 is 11.8 Å². The van der Waals surface area contributed by atoms with E-state index in [1.165, 1.54) is 26.0 Å². The fourth-order valence-electron chi connectivity index (χ4n) is 1.91. The average Bonchev–Trinajstić information content (AvgIpc) is 3.07. The van der Waals surface area contributed by atoms with Crippen LogP contribution in [-0.2, 0) is 11.3 Å². The highest BCUT2D eigenvalue weighted by atomic mass is 32.2. The van der Waals surface area contributed by atoms with Gasteiger partial charge in [-0.25, -0.2) is 4.98 Å². The van der Waals surface area contributed by atoms with Crippen molar-refractivity contribution in [1.29, 1.82) is 0 Å². The summed E-state index contributed by atoms with van der Waals surface area (Å²) in [6, 6.07) is 7.67. The quantitative estimate of drug-likeness (QED) is 0.624. The Balaban J connectivity index is 1.54. The highest BCUT2D eigenvalue weighted by molar-refractivity contribution is 7.99. The molecule has 0 saturated heterocycles. The molecule has 1 aromatic carbocycles. The number of rotatable bonds is 7. The van der Waals surface area contributed by atoms with Crippen molar-refractivity contribution in [3.63, 3.8) is 0 Å². The van der Waals surface area contributed by atoms with Crippen LogP contribution < -0.4 is 14.8 Å². The first-order valence-electron chi connectivity index (χ1n) is 7.26. The molecule has 0 bridgehead atoms. The van der Waals surface area contributed by atoms with Gasteiger partial charge in [-0.1, -0.05) is 23.9 Å². The number of para-hydroxylation sites is 2. The van der Waals surface area contributed by atoms with E-state index in [2.05, 4.69) is 25.3 Å². The first-order chi connectivity index (χ1) is 12.2. The molecule has 3 aromatic rings. The van der Waals surface area contributed by atoms with Gasteiger partial charge in [0.2, 0.25) is 5.91 Å². The second-order valence-corrected chi connectivity index (χ2v) is 5.66. The lowest BCUT2D eigenvalue weighted by molar-refractivity contribution is -0.118. The molecule has 0 aliphatic heterocycles. The van der Waals surface area contributed by atoms with E-state index < -0.39 is 0 Å². The molecular formula is C15H15N5O4S. The van der Waals surface area contributed by atoms with Crippen LogP contribution in [0.25, 0.3) is 11.1 Å². The minimum atomic E-state index is -0.203. The molecule has 0 spiro atoms. The van der Waals surface area contributed by atoms with E-state index >= 15 is 0 Å². The highest BCUT2D eigenvalue weighted by Crippen LogP contribution is 2.22. The number of ether oxygens (including phenoxy) is 2. The molecule has 1 N–H and O–H groups in total. The summed E-state index contributed by atoms with van der Waals surface area (Å²) in [5.41, 5.74) is 1.45. The Morgan fingerprint density at radius 1 is 1.12 bits per heavy atom. The van der Waals surface area contributed by atoms with Crippen LogP contribution in [0, 0.1) is 0 Å². The van der Waals surface area contributed by atoms with E-state index in [0.717, 1.165) is 5.52 Å². The van der Waals surface area contributed by atoms with E-state index in [9.17, 15) is 4.79 Å². The third kappa shape index (κ3) is 4.35. The van der Waals surface area contributed by atoms with Crippen LogP contribution in [0.1, 0.15) is 5.82 Å². The molecule has 2 aromatic heterocycles. The lowest BCUT2D eigenvalue weighted by Gasteiger charge is -2.06. The van der Waals surface area contributed by atoms with Crippen molar-refractivity contribution >= 4 is 28.8 Å². The number of oxazole rings is 1. The zero-order valence-corrected chi connectivity index (χ0v) is 14.4. The maximum atomic E-state index is 12.0. The second-order valence-electron chi connectivity index (χ2n) is 4.74. The van der Waals surface area contributed by atoms with Crippen LogP contribution in [-0.4, -0.2) is 45.8 Å². The Hall–Kier alpha value is -2.88. The normalized spacial score (nSPS) is 10.6. The molecular weight excluding hydrogens is 346 g/mol.